The maximum atomic E-state index is 13.3. The van der Waals surface area contributed by atoms with Crippen molar-refractivity contribution < 1.29 is 18.8 Å². The molecule has 0 aliphatic carbocycles. The van der Waals surface area contributed by atoms with Crippen LogP contribution in [0.5, 0.6) is 0 Å². The van der Waals surface area contributed by atoms with E-state index < -0.39 is 0 Å². The molecule has 0 radical (unpaired) electrons. The Hall–Kier alpha value is -4.24. The van der Waals surface area contributed by atoms with E-state index in [0.29, 0.717) is 40.2 Å². The van der Waals surface area contributed by atoms with Gasteiger partial charge in [-0.3, -0.25) is 14.4 Å². The molecule has 0 saturated carbocycles. The van der Waals surface area contributed by atoms with E-state index in [-0.39, 0.29) is 29.6 Å². The number of nitrogens with one attached hydrogen (secondary N) is 4. The molecule has 2 aromatic carbocycles. The van der Waals surface area contributed by atoms with Crippen molar-refractivity contribution in [3.05, 3.63) is 87.5 Å². The monoisotopic (exact) mass is 543 g/mol. The predicted molar refractivity (Wildman–Crippen MR) is 153 cm³/mol. The van der Waals surface area contributed by atoms with E-state index in [0.717, 1.165) is 36.5 Å². The standard InChI is InChI=1S/C31H34FN5O3/c1-18-27(34-20(3)28(18)31(40)33-12-15-37-13-4-5-14-37)17-25-24-16-22(8-11-26(24)36-30(25)39)29(38)35-19(2)21-6-9-23(32)10-7-21/h6-11,16-17,19,34H,4-5,12-15H2,1-3H3,(H,33,40)(H,35,38)(H,36,39)/t19-/m0/s1. The average Bonchev–Trinajstić information content (AvgIpc) is 3.62. The summed E-state index contributed by atoms with van der Waals surface area (Å²) in [6.45, 7) is 9.11. The summed E-state index contributed by atoms with van der Waals surface area (Å²) in [6.07, 6.45) is 4.15. The maximum absolute atomic E-state index is 13.3. The van der Waals surface area contributed by atoms with Crippen molar-refractivity contribution in [2.75, 3.05) is 31.5 Å². The SMILES string of the molecule is Cc1[nH]c(C=C2C(=O)Nc3ccc(C(=O)N[C@@H](C)c4ccc(F)cc4)cc32)c(C)c1C(=O)NCCN1CCCC1. The molecular weight excluding hydrogens is 509 g/mol. The molecule has 4 N–H and O–H groups in total. The summed E-state index contributed by atoms with van der Waals surface area (Å²) in [4.78, 5) is 44.5. The minimum Gasteiger partial charge on any atom is -0.358 e. The first-order valence-corrected chi connectivity index (χ1v) is 13.6. The van der Waals surface area contributed by atoms with Crippen LogP contribution in [0.4, 0.5) is 10.1 Å². The Morgan fingerprint density at radius 1 is 1.07 bits per heavy atom. The lowest BCUT2D eigenvalue weighted by Crippen LogP contribution is -2.33. The fraction of sp³-hybridized carbons (Fsp3) is 0.323. The molecule has 0 bridgehead atoms. The molecule has 40 heavy (non-hydrogen) atoms. The molecule has 3 amide bonds. The zero-order valence-electron chi connectivity index (χ0n) is 23.0. The van der Waals surface area contributed by atoms with Crippen molar-refractivity contribution in [1.29, 1.82) is 0 Å². The van der Waals surface area contributed by atoms with Crippen LogP contribution in [0.25, 0.3) is 11.6 Å². The summed E-state index contributed by atoms with van der Waals surface area (Å²) < 4.78 is 13.3. The van der Waals surface area contributed by atoms with E-state index in [1.165, 1.54) is 25.0 Å². The summed E-state index contributed by atoms with van der Waals surface area (Å²) in [5.74, 6) is -1.07. The van der Waals surface area contributed by atoms with Gasteiger partial charge in [-0.25, -0.2) is 4.39 Å². The number of nitrogens with zero attached hydrogens (tertiary/aromatic N) is 1. The number of H-pyrrole nitrogens is 1. The van der Waals surface area contributed by atoms with Gasteiger partial charge in [0.05, 0.1) is 17.2 Å². The molecule has 2 aliphatic rings. The van der Waals surface area contributed by atoms with Gasteiger partial charge in [-0.15, -0.1) is 0 Å². The molecule has 208 valence electrons. The molecule has 1 aromatic heterocycles. The number of carbonyl (C=O) groups is 3. The highest BCUT2D eigenvalue weighted by Gasteiger charge is 2.27. The second-order valence-corrected chi connectivity index (χ2v) is 10.5. The van der Waals surface area contributed by atoms with Gasteiger partial charge in [0.25, 0.3) is 17.7 Å². The summed E-state index contributed by atoms with van der Waals surface area (Å²) >= 11 is 0. The Bertz CT molecular complexity index is 1490. The lowest BCUT2D eigenvalue weighted by molar-refractivity contribution is -0.110. The first-order valence-electron chi connectivity index (χ1n) is 13.6. The van der Waals surface area contributed by atoms with Crippen molar-refractivity contribution in [2.24, 2.45) is 0 Å². The van der Waals surface area contributed by atoms with Crippen molar-refractivity contribution in [2.45, 2.75) is 39.7 Å². The molecule has 8 nitrogen and oxygen atoms in total. The molecule has 1 fully saturated rings. The van der Waals surface area contributed by atoms with Crippen LogP contribution in [0.3, 0.4) is 0 Å². The molecule has 1 atom stereocenters. The van der Waals surface area contributed by atoms with Gasteiger partial charge in [-0.1, -0.05) is 12.1 Å². The van der Waals surface area contributed by atoms with Crippen LogP contribution in [0, 0.1) is 19.7 Å². The van der Waals surface area contributed by atoms with Gasteiger partial charge < -0.3 is 25.8 Å². The number of aromatic amines is 1. The summed E-state index contributed by atoms with van der Waals surface area (Å²) in [6, 6.07) is 10.7. The van der Waals surface area contributed by atoms with E-state index in [9.17, 15) is 18.8 Å². The Morgan fingerprint density at radius 2 is 1.80 bits per heavy atom. The highest BCUT2D eigenvalue weighted by Crippen LogP contribution is 2.35. The fourth-order valence-electron chi connectivity index (χ4n) is 5.41. The quantitative estimate of drug-likeness (QED) is 0.312. The Labute approximate surface area is 233 Å². The average molecular weight is 544 g/mol. The molecule has 2 aliphatic heterocycles. The number of rotatable bonds is 8. The van der Waals surface area contributed by atoms with E-state index in [2.05, 4.69) is 25.8 Å². The second-order valence-electron chi connectivity index (χ2n) is 10.5. The van der Waals surface area contributed by atoms with Crippen LogP contribution in [-0.4, -0.2) is 53.8 Å². The Balaban J connectivity index is 1.33. The number of hydrogen-bond donors (Lipinski definition) is 4. The lowest BCUT2D eigenvalue weighted by atomic mass is 10.0. The third-order valence-corrected chi connectivity index (χ3v) is 7.69. The molecule has 0 unspecified atom stereocenters. The number of benzene rings is 2. The van der Waals surface area contributed by atoms with Crippen LogP contribution in [0.2, 0.25) is 0 Å². The molecule has 3 heterocycles. The van der Waals surface area contributed by atoms with E-state index in [1.54, 1.807) is 36.4 Å². The zero-order chi connectivity index (χ0) is 28.4. The number of hydrogen-bond acceptors (Lipinski definition) is 4. The summed E-state index contributed by atoms with van der Waals surface area (Å²) in [5.41, 5.74) is 5.53. The Kier molecular flexibility index (Phi) is 7.84. The van der Waals surface area contributed by atoms with Crippen LogP contribution in [0.1, 0.15) is 74.6 Å². The minimum atomic E-state index is -0.338. The van der Waals surface area contributed by atoms with Crippen molar-refractivity contribution in [3.63, 3.8) is 0 Å². The molecular formula is C31H34FN5O3. The summed E-state index contributed by atoms with van der Waals surface area (Å²) in [5, 5.41) is 8.80. The summed E-state index contributed by atoms with van der Waals surface area (Å²) in [7, 11) is 0. The number of carbonyl (C=O) groups excluding carboxylic acids is 3. The zero-order valence-corrected chi connectivity index (χ0v) is 23.0. The number of aryl methyl sites for hydroxylation is 1. The topological polar surface area (TPSA) is 106 Å². The van der Waals surface area contributed by atoms with Crippen molar-refractivity contribution >= 4 is 35.1 Å². The third kappa shape index (κ3) is 5.70. The molecule has 5 rings (SSSR count). The third-order valence-electron chi connectivity index (χ3n) is 7.69. The molecule has 1 saturated heterocycles. The van der Waals surface area contributed by atoms with Crippen molar-refractivity contribution in [1.82, 2.24) is 20.5 Å². The number of anilines is 1. The van der Waals surface area contributed by atoms with Gasteiger partial charge in [0.2, 0.25) is 0 Å². The maximum Gasteiger partial charge on any atom is 0.256 e. The van der Waals surface area contributed by atoms with Crippen LogP contribution in [0.15, 0.2) is 42.5 Å². The smallest absolute Gasteiger partial charge is 0.256 e. The van der Waals surface area contributed by atoms with Gasteiger partial charge in [0.1, 0.15) is 5.82 Å². The molecule has 9 heteroatoms. The Morgan fingerprint density at radius 3 is 2.52 bits per heavy atom. The highest BCUT2D eigenvalue weighted by atomic mass is 19.1. The largest absolute Gasteiger partial charge is 0.358 e. The minimum absolute atomic E-state index is 0.138. The van der Waals surface area contributed by atoms with Gasteiger partial charge in [0.15, 0.2) is 0 Å². The van der Waals surface area contributed by atoms with E-state index >= 15 is 0 Å². The van der Waals surface area contributed by atoms with Crippen molar-refractivity contribution in [3.8, 4) is 0 Å². The molecule has 0 spiro atoms. The number of likely N-dealkylation sites (tertiary alicyclic amines) is 1. The van der Waals surface area contributed by atoms with E-state index in [1.807, 2.05) is 20.8 Å². The normalized spacial score (nSPS) is 16.6. The van der Waals surface area contributed by atoms with Crippen LogP contribution < -0.4 is 16.0 Å². The molecule has 3 aromatic rings. The first kappa shape index (κ1) is 27.3. The second kappa shape index (κ2) is 11.5. The van der Waals surface area contributed by atoms with Gasteiger partial charge >= 0.3 is 0 Å². The van der Waals surface area contributed by atoms with Gasteiger partial charge in [-0.05, 0) is 94.2 Å². The number of aromatic nitrogens is 1. The van der Waals surface area contributed by atoms with Crippen LogP contribution in [-0.2, 0) is 4.79 Å². The van der Waals surface area contributed by atoms with Gasteiger partial charge in [-0.2, -0.15) is 0 Å². The number of amides is 3. The number of halogens is 1. The van der Waals surface area contributed by atoms with Gasteiger partial charge in [0, 0.05) is 41.3 Å². The number of fused-ring (bicyclic) bond motifs is 1. The lowest BCUT2D eigenvalue weighted by Gasteiger charge is -2.15. The fourth-order valence-corrected chi connectivity index (χ4v) is 5.41. The highest BCUT2D eigenvalue weighted by molar-refractivity contribution is 6.35. The van der Waals surface area contributed by atoms with E-state index in [4.69, 9.17) is 0 Å². The van der Waals surface area contributed by atoms with Crippen LogP contribution >= 0.6 is 0 Å². The first-order chi connectivity index (χ1) is 19.2. The predicted octanol–water partition coefficient (Wildman–Crippen LogP) is 4.58.